The van der Waals surface area contributed by atoms with E-state index in [1.807, 2.05) is 4.90 Å². The average Bonchev–Trinajstić information content (AvgIpc) is 3.33. The number of likely N-dealkylation sites (tertiary alicyclic amines) is 1. The van der Waals surface area contributed by atoms with Crippen molar-refractivity contribution in [2.75, 3.05) is 25.2 Å². The van der Waals surface area contributed by atoms with Gasteiger partial charge in [0.2, 0.25) is 6.79 Å². The molecule has 2 amide bonds. The lowest BCUT2D eigenvalue weighted by Gasteiger charge is -2.15. The lowest BCUT2D eigenvalue weighted by Crippen LogP contribution is -2.27. The molecule has 2 aromatic rings. The van der Waals surface area contributed by atoms with E-state index in [4.69, 9.17) is 21.1 Å². The minimum Gasteiger partial charge on any atom is -0.454 e. The Bertz CT molecular complexity index is 861. The molecule has 2 heterocycles. The van der Waals surface area contributed by atoms with Gasteiger partial charge >= 0.3 is 0 Å². The van der Waals surface area contributed by atoms with Crippen molar-refractivity contribution in [3.63, 3.8) is 0 Å². The Balaban J connectivity index is 1.46. The van der Waals surface area contributed by atoms with Gasteiger partial charge in [-0.25, -0.2) is 0 Å². The SMILES string of the molecule is O=C(Nc1ccc(C(=O)N2CCCC2)cc1)c1cc(Cl)c2c(c1)OCO2. The summed E-state index contributed by atoms with van der Waals surface area (Å²) in [4.78, 5) is 26.6. The summed E-state index contributed by atoms with van der Waals surface area (Å²) in [5, 5.41) is 3.12. The molecule has 1 saturated heterocycles. The monoisotopic (exact) mass is 372 g/mol. The van der Waals surface area contributed by atoms with E-state index in [2.05, 4.69) is 5.32 Å². The summed E-state index contributed by atoms with van der Waals surface area (Å²) in [5.41, 5.74) is 1.59. The van der Waals surface area contributed by atoms with Gasteiger partial charge in [0, 0.05) is 29.9 Å². The molecular formula is C19H17ClN2O4. The first kappa shape index (κ1) is 16.7. The van der Waals surface area contributed by atoms with E-state index in [-0.39, 0.29) is 18.6 Å². The highest BCUT2D eigenvalue weighted by Crippen LogP contribution is 2.39. The normalized spacial score (nSPS) is 15.2. The number of halogens is 1. The summed E-state index contributed by atoms with van der Waals surface area (Å²) in [5.74, 6) is 0.619. The Morgan fingerprint density at radius 1 is 1.00 bits per heavy atom. The second-order valence-corrected chi connectivity index (χ2v) is 6.63. The van der Waals surface area contributed by atoms with E-state index in [1.54, 1.807) is 30.3 Å². The van der Waals surface area contributed by atoms with E-state index in [0.717, 1.165) is 25.9 Å². The molecule has 0 atom stereocenters. The maximum absolute atomic E-state index is 12.5. The van der Waals surface area contributed by atoms with Crippen LogP contribution in [-0.4, -0.2) is 36.6 Å². The third-order valence-electron chi connectivity index (χ3n) is 4.47. The van der Waals surface area contributed by atoms with E-state index < -0.39 is 0 Å². The first-order valence-corrected chi connectivity index (χ1v) is 8.79. The summed E-state index contributed by atoms with van der Waals surface area (Å²) in [6, 6.07) is 10.0. The average molecular weight is 373 g/mol. The highest BCUT2D eigenvalue weighted by atomic mass is 35.5. The molecule has 0 radical (unpaired) electrons. The van der Waals surface area contributed by atoms with Crippen molar-refractivity contribution in [1.29, 1.82) is 0 Å². The zero-order chi connectivity index (χ0) is 18.1. The number of nitrogens with one attached hydrogen (secondary N) is 1. The first-order valence-electron chi connectivity index (χ1n) is 8.41. The number of ether oxygens (including phenoxy) is 2. The number of hydrogen-bond donors (Lipinski definition) is 1. The maximum Gasteiger partial charge on any atom is 0.255 e. The summed E-state index contributed by atoms with van der Waals surface area (Å²) in [6.07, 6.45) is 2.11. The number of nitrogens with zero attached hydrogens (tertiary/aromatic N) is 1. The molecule has 2 aromatic carbocycles. The molecule has 134 valence electrons. The number of amides is 2. The largest absolute Gasteiger partial charge is 0.454 e. The molecule has 4 rings (SSSR count). The molecule has 2 aliphatic heterocycles. The number of rotatable bonds is 3. The van der Waals surface area contributed by atoms with Gasteiger partial charge in [0.1, 0.15) is 0 Å². The van der Waals surface area contributed by atoms with Crippen LogP contribution < -0.4 is 14.8 Å². The van der Waals surface area contributed by atoms with Crippen LogP contribution >= 0.6 is 11.6 Å². The van der Waals surface area contributed by atoms with Crippen molar-refractivity contribution in [1.82, 2.24) is 4.90 Å². The maximum atomic E-state index is 12.5. The van der Waals surface area contributed by atoms with Gasteiger partial charge in [0.25, 0.3) is 11.8 Å². The fourth-order valence-electron chi connectivity index (χ4n) is 3.10. The Morgan fingerprint density at radius 2 is 1.73 bits per heavy atom. The molecular weight excluding hydrogens is 356 g/mol. The predicted molar refractivity (Wildman–Crippen MR) is 97.1 cm³/mol. The molecule has 0 unspecified atom stereocenters. The van der Waals surface area contributed by atoms with Gasteiger partial charge in [-0.05, 0) is 49.2 Å². The van der Waals surface area contributed by atoms with Gasteiger partial charge in [-0.1, -0.05) is 11.6 Å². The van der Waals surface area contributed by atoms with E-state index in [9.17, 15) is 9.59 Å². The number of hydrogen-bond acceptors (Lipinski definition) is 4. The zero-order valence-corrected chi connectivity index (χ0v) is 14.7. The molecule has 0 saturated carbocycles. The van der Waals surface area contributed by atoms with Crippen molar-refractivity contribution < 1.29 is 19.1 Å². The number of anilines is 1. The molecule has 26 heavy (non-hydrogen) atoms. The van der Waals surface area contributed by atoms with Crippen molar-refractivity contribution in [2.45, 2.75) is 12.8 Å². The van der Waals surface area contributed by atoms with Gasteiger partial charge in [-0.2, -0.15) is 0 Å². The number of carbonyl (C=O) groups is 2. The highest BCUT2D eigenvalue weighted by molar-refractivity contribution is 6.32. The summed E-state index contributed by atoms with van der Waals surface area (Å²) in [6.45, 7) is 1.71. The molecule has 0 aromatic heterocycles. The van der Waals surface area contributed by atoms with Crippen LogP contribution in [0, 0.1) is 0 Å². The second kappa shape index (κ2) is 6.88. The van der Waals surface area contributed by atoms with E-state index in [0.29, 0.717) is 33.3 Å². The van der Waals surface area contributed by atoms with Crippen molar-refractivity contribution in [2.24, 2.45) is 0 Å². The molecule has 2 aliphatic rings. The van der Waals surface area contributed by atoms with Crippen LogP contribution in [0.5, 0.6) is 11.5 Å². The Morgan fingerprint density at radius 3 is 2.46 bits per heavy atom. The first-order chi connectivity index (χ1) is 12.6. The van der Waals surface area contributed by atoms with Crippen LogP contribution in [0.1, 0.15) is 33.6 Å². The summed E-state index contributed by atoms with van der Waals surface area (Å²) in [7, 11) is 0. The molecule has 0 bridgehead atoms. The van der Waals surface area contributed by atoms with E-state index in [1.165, 1.54) is 6.07 Å². The van der Waals surface area contributed by atoms with Gasteiger partial charge in [0.05, 0.1) is 5.02 Å². The Kier molecular flexibility index (Phi) is 4.42. The smallest absolute Gasteiger partial charge is 0.255 e. The van der Waals surface area contributed by atoms with Gasteiger partial charge in [0.15, 0.2) is 11.5 Å². The highest BCUT2D eigenvalue weighted by Gasteiger charge is 2.21. The van der Waals surface area contributed by atoms with Crippen LogP contribution in [0.4, 0.5) is 5.69 Å². The number of fused-ring (bicyclic) bond motifs is 1. The second-order valence-electron chi connectivity index (χ2n) is 6.22. The minimum absolute atomic E-state index is 0.0305. The molecule has 0 spiro atoms. The van der Waals surface area contributed by atoms with E-state index >= 15 is 0 Å². The lowest BCUT2D eigenvalue weighted by molar-refractivity contribution is 0.0792. The molecule has 6 nitrogen and oxygen atoms in total. The molecule has 7 heteroatoms. The Labute approximate surface area is 155 Å². The fourth-order valence-corrected chi connectivity index (χ4v) is 3.37. The third-order valence-corrected chi connectivity index (χ3v) is 4.75. The molecule has 1 N–H and O–H groups in total. The predicted octanol–water partition coefficient (Wildman–Crippen LogP) is 3.56. The van der Waals surface area contributed by atoms with Crippen LogP contribution in [0.25, 0.3) is 0 Å². The number of benzene rings is 2. The number of carbonyl (C=O) groups excluding carboxylic acids is 2. The minimum atomic E-state index is -0.316. The van der Waals surface area contributed by atoms with Crippen LogP contribution in [0.15, 0.2) is 36.4 Å². The Hall–Kier alpha value is -2.73. The zero-order valence-electron chi connectivity index (χ0n) is 14.0. The van der Waals surface area contributed by atoms with Crippen molar-refractivity contribution in [3.8, 4) is 11.5 Å². The standard InChI is InChI=1S/C19H17ClN2O4/c20-15-9-13(10-16-17(15)26-11-25-16)18(23)21-14-5-3-12(4-6-14)19(24)22-7-1-2-8-22/h3-6,9-10H,1-2,7-8,11H2,(H,21,23). The van der Waals surface area contributed by atoms with Gasteiger partial charge in [-0.3, -0.25) is 9.59 Å². The van der Waals surface area contributed by atoms with Crippen LogP contribution in [0.3, 0.4) is 0 Å². The third kappa shape index (κ3) is 3.20. The van der Waals surface area contributed by atoms with Gasteiger partial charge < -0.3 is 19.7 Å². The summed E-state index contributed by atoms with van der Waals surface area (Å²) >= 11 is 6.11. The topological polar surface area (TPSA) is 67.9 Å². The molecule has 1 fully saturated rings. The quantitative estimate of drug-likeness (QED) is 0.894. The lowest BCUT2D eigenvalue weighted by atomic mass is 10.1. The summed E-state index contributed by atoms with van der Waals surface area (Å²) < 4.78 is 10.5. The molecule has 0 aliphatic carbocycles. The van der Waals surface area contributed by atoms with Crippen molar-refractivity contribution in [3.05, 3.63) is 52.5 Å². The van der Waals surface area contributed by atoms with Crippen LogP contribution in [-0.2, 0) is 0 Å². The van der Waals surface area contributed by atoms with Gasteiger partial charge in [-0.15, -0.1) is 0 Å². The van der Waals surface area contributed by atoms with Crippen LogP contribution in [0.2, 0.25) is 5.02 Å². The fraction of sp³-hybridized carbons (Fsp3) is 0.263. The van der Waals surface area contributed by atoms with Crippen molar-refractivity contribution >= 4 is 29.1 Å².